The second kappa shape index (κ2) is 6.06. The Labute approximate surface area is 114 Å². The van der Waals surface area contributed by atoms with Gasteiger partial charge in [-0.1, -0.05) is 0 Å². The van der Waals surface area contributed by atoms with Crippen LogP contribution in [0.2, 0.25) is 0 Å². The Kier molecular flexibility index (Phi) is 4.43. The fourth-order valence-electron chi connectivity index (χ4n) is 2.74. The SMILES string of the molecule is COCC1CCCN(C(=O)c2cc(C)cc(N)c2)C1. The van der Waals surface area contributed by atoms with Crippen LogP contribution in [0.1, 0.15) is 28.8 Å². The molecule has 0 aromatic heterocycles. The van der Waals surface area contributed by atoms with E-state index in [1.54, 1.807) is 13.2 Å². The van der Waals surface area contributed by atoms with E-state index in [-0.39, 0.29) is 5.91 Å². The first-order chi connectivity index (χ1) is 9.10. The van der Waals surface area contributed by atoms with E-state index in [1.165, 1.54) is 0 Å². The summed E-state index contributed by atoms with van der Waals surface area (Å²) in [6.07, 6.45) is 2.18. The predicted octanol–water partition coefficient (Wildman–Crippen LogP) is 2.08. The van der Waals surface area contributed by atoms with Crippen molar-refractivity contribution < 1.29 is 9.53 Å². The number of carbonyl (C=O) groups is 1. The maximum absolute atomic E-state index is 12.5. The zero-order valence-electron chi connectivity index (χ0n) is 11.7. The summed E-state index contributed by atoms with van der Waals surface area (Å²) in [6.45, 7) is 4.28. The average Bonchev–Trinajstić information content (AvgIpc) is 2.37. The maximum Gasteiger partial charge on any atom is 0.253 e. The Morgan fingerprint density at radius 1 is 1.47 bits per heavy atom. The monoisotopic (exact) mass is 262 g/mol. The molecule has 2 rings (SSSR count). The molecule has 0 saturated carbocycles. The first kappa shape index (κ1) is 13.9. The molecule has 0 spiro atoms. The number of hydrogen-bond acceptors (Lipinski definition) is 3. The largest absolute Gasteiger partial charge is 0.399 e. The molecule has 1 unspecified atom stereocenters. The summed E-state index contributed by atoms with van der Waals surface area (Å²) in [4.78, 5) is 14.4. The summed E-state index contributed by atoms with van der Waals surface area (Å²) in [6, 6.07) is 5.54. The number of nitrogens with zero attached hydrogens (tertiary/aromatic N) is 1. The van der Waals surface area contributed by atoms with Gasteiger partial charge in [-0.05, 0) is 49.4 Å². The van der Waals surface area contributed by atoms with Crippen LogP contribution < -0.4 is 5.73 Å². The smallest absolute Gasteiger partial charge is 0.253 e. The van der Waals surface area contributed by atoms with E-state index in [0.717, 1.165) is 38.1 Å². The van der Waals surface area contributed by atoms with E-state index in [4.69, 9.17) is 10.5 Å². The molecule has 1 atom stereocenters. The highest BCUT2D eigenvalue weighted by molar-refractivity contribution is 5.95. The maximum atomic E-state index is 12.5. The molecule has 0 aliphatic carbocycles. The van der Waals surface area contributed by atoms with Gasteiger partial charge in [-0.25, -0.2) is 0 Å². The van der Waals surface area contributed by atoms with Crippen molar-refractivity contribution in [3.8, 4) is 0 Å². The Morgan fingerprint density at radius 3 is 2.95 bits per heavy atom. The second-order valence-electron chi connectivity index (χ2n) is 5.35. The van der Waals surface area contributed by atoms with Crippen molar-refractivity contribution in [3.05, 3.63) is 29.3 Å². The summed E-state index contributed by atoms with van der Waals surface area (Å²) >= 11 is 0. The summed E-state index contributed by atoms with van der Waals surface area (Å²) in [5.74, 6) is 0.529. The molecule has 1 saturated heterocycles. The summed E-state index contributed by atoms with van der Waals surface area (Å²) in [7, 11) is 1.71. The number of nitrogen functional groups attached to an aromatic ring is 1. The van der Waals surface area contributed by atoms with Crippen LogP contribution in [0.5, 0.6) is 0 Å². The lowest BCUT2D eigenvalue weighted by Crippen LogP contribution is -2.41. The molecular weight excluding hydrogens is 240 g/mol. The van der Waals surface area contributed by atoms with Crippen LogP contribution >= 0.6 is 0 Å². The number of piperidine rings is 1. The topological polar surface area (TPSA) is 55.6 Å². The van der Waals surface area contributed by atoms with Gasteiger partial charge >= 0.3 is 0 Å². The highest BCUT2D eigenvalue weighted by atomic mass is 16.5. The van der Waals surface area contributed by atoms with Gasteiger partial charge in [0.1, 0.15) is 0 Å². The number of amides is 1. The van der Waals surface area contributed by atoms with Crippen molar-refractivity contribution in [1.82, 2.24) is 4.90 Å². The van der Waals surface area contributed by atoms with Gasteiger partial charge in [0.2, 0.25) is 0 Å². The molecule has 1 aliphatic rings. The van der Waals surface area contributed by atoms with Crippen molar-refractivity contribution in [1.29, 1.82) is 0 Å². The number of nitrogens with two attached hydrogens (primary N) is 1. The van der Waals surface area contributed by atoms with Gasteiger partial charge in [-0.2, -0.15) is 0 Å². The third-order valence-corrected chi connectivity index (χ3v) is 3.56. The third-order valence-electron chi connectivity index (χ3n) is 3.56. The number of anilines is 1. The highest BCUT2D eigenvalue weighted by Crippen LogP contribution is 2.20. The van der Waals surface area contributed by atoms with Crippen molar-refractivity contribution in [3.63, 3.8) is 0 Å². The standard InChI is InChI=1S/C15H22N2O2/c1-11-6-13(8-14(16)7-11)15(18)17-5-3-4-12(9-17)10-19-2/h6-8,12H,3-5,9-10,16H2,1-2H3. The fourth-order valence-corrected chi connectivity index (χ4v) is 2.74. The molecule has 1 aromatic rings. The molecule has 1 aromatic carbocycles. The van der Waals surface area contributed by atoms with Gasteiger partial charge in [-0.15, -0.1) is 0 Å². The Bertz CT molecular complexity index is 437. The quantitative estimate of drug-likeness (QED) is 0.848. The molecule has 1 heterocycles. The summed E-state index contributed by atoms with van der Waals surface area (Å²) < 4.78 is 5.20. The van der Waals surface area contributed by atoms with Crippen LogP contribution in [0, 0.1) is 12.8 Å². The number of benzene rings is 1. The lowest BCUT2D eigenvalue weighted by molar-refractivity contribution is 0.0571. The third kappa shape index (κ3) is 3.47. The van der Waals surface area contributed by atoms with Crippen molar-refractivity contribution in [2.24, 2.45) is 5.92 Å². The number of aryl methyl sites for hydroxylation is 1. The predicted molar refractivity (Wildman–Crippen MR) is 76.1 cm³/mol. The Balaban J connectivity index is 2.10. The van der Waals surface area contributed by atoms with Gasteiger partial charge in [0.15, 0.2) is 0 Å². The number of carbonyl (C=O) groups excluding carboxylic acids is 1. The number of hydrogen-bond donors (Lipinski definition) is 1. The zero-order chi connectivity index (χ0) is 13.8. The molecule has 0 radical (unpaired) electrons. The molecule has 1 aliphatic heterocycles. The van der Waals surface area contributed by atoms with E-state index in [0.29, 0.717) is 17.2 Å². The van der Waals surface area contributed by atoms with Crippen molar-refractivity contribution in [2.75, 3.05) is 32.5 Å². The molecule has 4 nitrogen and oxygen atoms in total. The van der Waals surface area contributed by atoms with Gasteiger partial charge in [-0.3, -0.25) is 4.79 Å². The normalized spacial score (nSPS) is 19.5. The van der Waals surface area contributed by atoms with E-state index in [1.807, 2.05) is 24.0 Å². The van der Waals surface area contributed by atoms with Crippen LogP contribution in [0.25, 0.3) is 0 Å². The van der Waals surface area contributed by atoms with E-state index >= 15 is 0 Å². The molecule has 2 N–H and O–H groups in total. The molecule has 1 fully saturated rings. The molecule has 4 heteroatoms. The molecule has 104 valence electrons. The first-order valence-electron chi connectivity index (χ1n) is 6.75. The lowest BCUT2D eigenvalue weighted by Gasteiger charge is -2.32. The van der Waals surface area contributed by atoms with E-state index in [2.05, 4.69) is 0 Å². The van der Waals surface area contributed by atoms with Gasteiger partial charge < -0.3 is 15.4 Å². The molecular formula is C15H22N2O2. The molecule has 1 amide bonds. The first-order valence-corrected chi connectivity index (χ1v) is 6.75. The number of rotatable bonds is 3. The number of ether oxygens (including phenoxy) is 1. The van der Waals surface area contributed by atoms with Crippen LogP contribution in [0.15, 0.2) is 18.2 Å². The highest BCUT2D eigenvalue weighted by Gasteiger charge is 2.24. The van der Waals surface area contributed by atoms with Crippen LogP contribution in [0.3, 0.4) is 0 Å². The fraction of sp³-hybridized carbons (Fsp3) is 0.533. The Morgan fingerprint density at radius 2 is 2.26 bits per heavy atom. The van der Waals surface area contributed by atoms with Gasteiger partial charge in [0, 0.05) is 31.5 Å². The zero-order valence-corrected chi connectivity index (χ0v) is 11.7. The number of likely N-dealkylation sites (tertiary alicyclic amines) is 1. The minimum absolute atomic E-state index is 0.0798. The minimum atomic E-state index is 0.0798. The summed E-state index contributed by atoms with van der Waals surface area (Å²) in [5.41, 5.74) is 8.17. The van der Waals surface area contributed by atoms with Gasteiger partial charge in [0.25, 0.3) is 5.91 Å². The van der Waals surface area contributed by atoms with E-state index in [9.17, 15) is 4.79 Å². The Hall–Kier alpha value is -1.55. The van der Waals surface area contributed by atoms with Crippen molar-refractivity contribution in [2.45, 2.75) is 19.8 Å². The number of methoxy groups -OCH3 is 1. The van der Waals surface area contributed by atoms with Crippen LogP contribution in [0.4, 0.5) is 5.69 Å². The van der Waals surface area contributed by atoms with Crippen LogP contribution in [-0.4, -0.2) is 37.6 Å². The average molecular weight is 262 g/mol. The minimum Gasteiger partial charge on any atom is -0.399 e. The molecule has 19 heavy (non-hydrogen) atoms. The van der Waals surface area contributed by atoms with Gasteiger partial charge in [0.05, 0.1) is 6.61 Å². The summed E-state index contributed by atoms with van der Waals surface area (Å²) in [5, 5.41) is 0. The van der Waals surface area contributed by atoms with Crippen molar-refractivity contribution >= 4 is 11.6 Å². The molecule has 0 bridgehead atoms. The van der Waals surface area contributed by atoms with Crippen LogP contribution in [-0.2, 0) is 4.74 Å². The second-order valence-corrected chi connectivity index (χ2v) is 5.35. The lowest BCUT2D eigenvalue weighted by atomic mass is 9.98. The van der Waals surface area contributed by atoms with E-state index < -0.39 is 0 Å².